The van der Waals surface area contributed by atoms with E-state index in [2.05, 4.69) is 46.7 Å². The molecule has 1 amide bonds. The summed E-state index contributed by atoms with van der Waals surface area (Å²) in [6.07, 6.45) is 0.744. The zero-order chi connectivity index (χ0) is 19.9. The summed E-state index contributed by atoms with van der Waals surface area (Å²) < 4.78 is 5.14. The van der Waals surface area contributed by atoms with Gasteiger partial charge in [0, 0.05) is 12.1 Å². The first-order valence-corrected chi connectivity index (χ1v) is 9.33. The van der Waals surface area contributed by atoms with Crippen molar-refractivity contribution in [2.24, 2.45) is 0 Å². The molecule has 0 aliphatic rings. The lowest BCUT2D eigenvalue weighted by molar-refractivity contribution is -0.122. The van der Waals surface area contributed by atoms with Crippen molar-refractivity contribution >= 4 is 5.91 Å². The van der Waals surface area contributed by atoms with Crippen LogP contribution in [-0.2, 0) is 17.8 Å². The molecule has 0 unspecified atom stereocenters. The van der Waals surface area contributed by atoms with Gasteiger partial charge in [-0.3, -0.25) is 4.79 Å². The Morgan fingerprint density at radius 2 is 1.82 bits per heavy atom. The van der Waals surface area contributed by atoms with E-state index in [-0.39, 0.29) is 12.5 Å². The zero-order valence-electron chi connectivity index (χ0n) is 16.4. The average molecular weight is 379 g/mol. The molecule has 7 heteroatoms. The van der Waals surface area contributed by atoms with Crippen molar-refractivity contribution < 1.29 is 9.53 Å². The van der Waals surface area contributed by atoms with E-state index in [1.165, 1.54) is 10.4 Å². The minimum atomic E-state index is -0.146. The average Bonchev–Trinajstić information content (AvgIpc) is 3.17. The minimum Gasteiger partial charge on any atom is -0.497 e. The first-order valence-electron chi connectivity index (χ1n) is 9.33. The van der Waals surface area contributed by atoms with E-state index in [0.717, 1.165) is 23.3 Å². The molecule has 0 spiro atoms. The summed E-state index contributed by atoms with van der Waals surface area (Å²) in [4.78, 5) is 13.4. The van der Waals surface area contributed by atoms with Crippen LogP contribution < -0.4 is 10.1 Å². The molecular formula is C21H25N5O2. The number of ether oxygens (including phenoxy) is 1. The lowest BCUT2D eigenvalue weighted by atomic mass is 10.0. The molecule has 0 aliphatic heterocycles. The van der Waals surface area contributed by atoms with Crippen LogP contribution in [0.4, 0.5) is 0 Å². The Balaban J connectivity index is 1.49. The molecule has 1 aromatic heterocycles. The Kier molecular flexibility index (Phi) is 6.37. The number of aromatic nitrogens is 4. The highest BCUT2D eigenvalue weighted by molar-refractivity contribution is 5.75. The summed E-state index contributed by atoms with van der Waals surface area (Å²) in [6.45, 7) is 4.89. The Labute approximate surface area is 164 Å². The lowest BCUT2D eigenvalue weighted by Gasteiger charge is -2.06. The second-order valence-electron chi connectivity index (χ2n) is 6.87. The van der Waals surface area contributed by atoms with E-state index in [4.69, 9.17) is 4.74 Å². The van der Waals surface area contributed by atoms with Gasteiger partial charge in [-0.1, -0.05) is 50.2 Å². The maximum Gasteiger partial charge on any atom is 0.243 e. The number of carbonyl (C=O) groups is 1. The van der Waals surface area contributed by atoms with Crippen LogP contribution >= 0.6 is 0 Å². The second kappa shape index (κ2) is 9.12. The van der Waals surface area contributed by atoms with Crippen LogP contribution in [0.2, 0.25) is 0 Å². The van der Waals surface area contributed by atoms with Crippen LogP contribution in [0.5, 0.6) is 5.75 Å². The van der Waals surface area contributed by atoms with Gasteiger partial charge in [0.05, 0.1) is 7.11 Å². The normalized spacial score (nSPS) is 10.9. The van der Waals surface area contributed by atoms with Crippen molar-refractivity contribution in [3.63, 3.8) is 0 Å². The first kappa shape index (κ1) is 19.5. The van der Waals surface area contributed by atoms with Gasteiger partial charge >= 0.3 is 0 Å². The third-order valence-corrected chi connectivity index (χ3v) is 4.47. The molecule has 0 saturated heterocycles. The molecule has 1 N–H and O–H groups in total. The van der Waals surface area contributed by atoms with Crippen molar-refractivity contribution in [3.8, 4) is 17.1 Å². The van der Waals surface area contributed by atoms with E-state index in [1.807, 2.05) is 36.4 Å². The second-order valence-corrected chi connectivity index (χ2v) is 6.87. The molecular weight excluding hydrogens is 354 g/mol. The summed E-state index contributed by atoms with van der Waals surface area (Å²) in [5.74, 6) is 1.66. The van der Waals surface area contributed by atoms with Crippen LogP contribution in [-0.4, -0.2) is 39.8 Å². The van der Waals surface area contributed by atoms with Crippen LogP contribution in [0.15, 0.2) is 48.5 Å². The summed E-state index contributed by atoms with van der Waals surface area (Å²) in [7, 11) is 1.64. The highest BCUT2D eigenvalue weighted by Gasteiger charge is 2.10. The molecule has 146 valence electrons. The fourth-order valence-corrected chi connectivity index (χ4v) is 2.77. The van der Waals surface area contributed by atoms with Gasteiger partial charge in [0.1, 0.15) is 12.3 Å². The van der Waals surface area contributed by atoms with E-state index >= 15 is 0 Å². The van der Waals surface area contributed by atoms with Crippen LogP contribution in [0.3, 0.4) is 0 Å². The molecule has 0 fully saturated rings. The number of benzene rings is 2. The van der Waals surface area contributed by atoms with Gasteiger partial charge in [-0.2, -0.15) is 4.80 Å². The number of carbonyl (C=O) groups excluding carboxylic acids is 1. The first-order chi connectivity index (χ1) is 13.5. The number of rotatable bonds is 8. The summed E-state index contributed by atoms with van der Waals surface area (Å²) in [5.41, 5.74) is 3.27. The van der Waals surface area contributed by atoms with Gasteiger partial charge in [-0.25, -0.2) is 0 Å². The molecule has 0 saturated carbocycles. The van der Waals surface area contributed by atoms with Crippen molar-refractivity contribution in [3.05, 3.63) is 59.7 Å². The van der Waals surface area contributed by atoms with E-state index in [1.54, 1.807) is 7.11 Å². The van der Waals surface area contributed by atoms with Gasteiger partial charge in [0.15, 0.2) is 0 Å². The number of hydrogen-bond acceptors (Lipinski definition) is 5. The minimum absolute atomic E-state index is 0.0414. The predicted octanol–water partition coefficient (Wildman–Crippen LogP) is 2.83. The number of nitrogens with one attached hydrogen (secondary N) is 1. The lowest BCUT2D eigenvalue weighted by Crippen LogP contribution is -2.30. The molecule has 0 radical (unpaired) electrons. The third kappa shape index (κ3) is 5.16. The Morgan fingerprint density at radius 3 is 2.46 bits per heavy atom. The Bertz CT molecular complexity index is 901. The molecule has 0 bridgehead atoms. The van der Waals surface area contributed by atoms with Crippen molar-refractivity contribution in [2.75, 3.05) is 13.7 Å². The molecule has 1 heterocycles. The van der Waals surface area contributed by atoms with E-state index in [9.17, 15) is 4.79 Å². The maximum atomic E-state index is 12.1. The van der Waals surface area contributed by atoms with Crippen molar-refractivity contribution in [1.82, 2.24) is 25.5 Å². The van der Waals surface area contributed by atoms with Gasteiger partial charge in [-0.15, -0.1) is 10.2 Å². The smallest absolute Gasteiger partial charge is 0.243 e. The number of tetrazole rings is 1. The molecule has 0 aliphatic carbocycles. The van der Waals surface area contributed by atoms with Gasteiger partial charge in [0.25, 0.3) is 0 Å². The number of methoxy groups -OCH3 is 1. The van der Waals surface area contributed by atoms with Crippen LogP contribution in [0, 0.1) is 0 Å². The van der Waals surface area contributed by atoms with Crippen LogP contribution in [0.1, 0.15) is 30.9 Å². The molecule has 3 aromatic rings. The monoisotopic (exact) mass is 379 g/mol. The fraction of sp³-hybridized carbons (Fsp3) is 0.333. The van der Waals surface area contributed by atoms with Crippen molar-refractivity contribution in [1.29, 1.82) is 0 Å². The molecule has 0 atom stereocenters. The molecule has 7 nitrogen and oxygen atoms in total. The summed E-state index contributed by atoms with van der Waals surface area (Å²) in [6, 6.07) is 15.9. The largest absolute Gasteiger partial charge is 0.497 e. The van der Waals surface area contributed by atoms with Gasteiger partial charge in [-0.05, 0) is 40.8 Å². The third-order valence-electron chi connectivity index (χ3n) is 4.47. The van der Waals surface area contributed by atoms with Crippen molar-refractivity contribution in [2.45, 2.75) is 32.7 Å². The topological polar surface area (TPSA) is 81.9 Å². The molecule has 3 rings (SSSR count). The van der Waals surface area contributed by atoms with Gasteiger partial charge < -0.3 is 10.1 Å². The number of hydrogen-bond donors (Lipinski definition) is 1. The maximum absolute atomic E-state index is 12.1. The SMILES string of the molecule is COc1ccc(CCNC(=O)Cn2nnc(-c3ccc(C(C)C)cc3)n2)cc1. The Morgan fingerprint density at radius 1 is 1.11 bits per heavy atom. The van der Waals surface area contributed by atoms with Crippen LogP contribution in [0.25, 0.3) is 11.4 Å². The highest BCUT2D eigenvalue weighted by Crippen LogP contribution is 2.19. The molecule has 28 heavy (non-hydrogen) atoms. The van der Waals surface area contributed by atoms with E-state index < -0.39 is 0 Å². The van der Waals surface area contributed by atoms with Gasteiger partial charge in [0.2, 0.25) is 11.7 Å². The highest BCUT2D eigenvalue weighted by atomic mass is 16.5. The fourth-order valence-electron chi connectivity index (χ4n) is 2.77. The summed E-state index contributed by atoms with van der Waals surface area (Å²) in [5, 5.41) is 15.2. The number of nitrogens with zero attached hydrogens (tertiary/aromatic N) is 4. The standard InChI is InChI=1S/C21H25N5O2/c1-15(2)17-6-8-18(9-7-17)21-23-25-26(24-21)14-20(27)22-13-12-16-4-10-19(28-3)11-5-16/h4-11,15H,12-14H2,1-3H3,(H,22,27). The zero-order valence-corrected chi connectivity index (χ0v) is 16.4. The predicted molar refractivity (Wildman–Crippen MR) is 107 cm³/mol. The van der Waals surface area contributed by atoms with E-state index in [0.29, 0.717) is 18.3 Å². The molecule has 2 aromatic carbocycles. The quantitative estimate of drug-likeness (QED) is 0.651. The number of amides is 1. The summed E-state index contributed by atoms with van der Waals surface area (Å²) >= 11 is 0. The Hall–Kier alpha value is -3.22.